The fraction of sp³-hybridized carbons (Fsp3) is 0.412. The molecule has 5 heteroatoms. The molecule has 1 aromatic carbocycles. The minimum Gasteiger partial charge on any atom is -0.323 e. The predicted molar refractivity (Wildman–Crippen MR) is 88.0 cm³/mol. The van der Waals surface area contributed by atoms with Crippen LogP contribution < -0.4 is 5.32 Å². The lowest BCUT2D eigenvalue weighted by Gasteiger charge is -2.20. The van der Waals surface area contributed by atoms with Crippen molar-refractivity contribution >= 4 is 23.2 Å². The first-order chi connectivity index (χ1) is 10.7. The normalized spacial score (nSPS) is 15.7. The molecule has 3 rings (SSSR count). The SMILES string of the molecule is O=C(Nc1cnn(Cc2ccccc2Cl)c1)C1CCCCC1. The Morgan fingerprint density at radius 2 is 2.05 bits per heavy atom. The van der Waals surface area contributed by atoms with Gasteiger partial charge in [0.05, 0.1) is 18.4 Å². The molecule has 1 aromatic heterocycles. The van der Waals surface area contributed by atoms with Crippen LogP contribution in [0.2, 0.25) is 5.02 Å². The smallest absolute Gasteiger partial charge is 0.227 e. The maximum Gasteiger partial charge on any atom is 0.227 e. The van der Waals surface area contributed by atoms with Crippen LogP contribution in [0.15, 0.2) is 36.7 Å². The van der Waals surface area contributed by atoms with Crippen molar-refractivity contribution in [3.8, 4) is 0 Å². The van der Waals surface area contributed by atoms with Crippen molar-refractivity contribution in [3.63, 3.8) is 0 Å². The van der Waals surface area contributed by atoms with Crippen molar-refractivity contribution in [2.75, 3.05) is 5.32 Å². The Labute approximate surface area is 135 Å². The van der Waals surface area contributed by atoms with E-state index in [9.17, 15) is 4.79 Å². The Morgan fingerprint density at radius 1 is 1.27 bits per heavy atom. The predicted octanol–water partition coefficient (Wildman–Crippen LogP) is 4.10. The van der Waals surface area contributed by atoms with Gasteiger partial charge in [0.15, 0.2) is 0 Å². The molecule has 0 atom stereocenters. The second kappa shape index (κ2) is 6.97. The van der Waals surface area contributed by atoms with Gasteiger partial charge in [0.25, 0.3) is 0 Å². The molecular formula is C17H20ClN3O. The molecule has 1 N–H and O–H groups in total. The van der Waals surface area contributed by atoms with Crippen LogP contribution in [0.25, 0.3) is 0 Å². The fourth-order valence-electron chi connectivity index (χ4n) is 2.92. The Morgan fingerprint density at radius 3 is 2.82 bits per heavy atom. The third-order valence-corrected chi connectivity index (χ3v) is 4.54. The van der Waals surface area contributed by atoms with E-state index >= 15 is 0 Å². The number of halogens is 1. The number of hydrogen-bond acceptors (Lipinski definition) is 2. The molecule has 1 aliphatic rings. The highest BCUT2D eigenvalue weighted by Gasteiger charge is 2.21. The topological polar surface area (TPSA) is 46.9 Å². The van der Waals surface area contributed by atoms with E-state index < -0.39 is 0 Å². The standard InChI is InChI=1S/C17H20ClN3O/c18-16-9-5-4-8-14(16)11-21-12-15(10-19-21)20-17(22)13-6-2-1-3-7-13/h4-5,8-10,12-13H,1-3,6-7,11H2,(H,20,22). The van der Waals surface area contributed by atoms with E-state index in [1.165, 1.54) is 6.42 Å². The van der Waals surface area contributed by atoms with Crippen LogP contribution in [0.3, 0.4) is 0 Å². The van der Waals surface area contributed by atoms with Gasteiger partial charge in [-0.05, 0) is 24.5 Å². The van der Waals surface area contributed by atoms with Gasteiger partial charge in [0, 0.05) is 17.1 Å². The van der Waals surface area contributed by atoms with Gasteiger partial charge >= 0.3 is 0 Å². The zero-order chi connectivity index (χ0) is 15.4. The maximum absolute atomic E-state index is 12.2. The first kappa shape index (κ1) is 15.1. The van der Waals surface area contributed by atoms with Gasteiger partial charge in [-0.2, -0.15) is 5.10 Å². The lowest BCUT2D eigenvalue weighted by molar-refractivity contribution is -0.120. The Kier molecular flexibility index (Phi) is 4.78. The number of anilines is 1. The van der Waals surface area contributed by atoms with E-state index in [4.69, 9.17) is 11.6 Å². The summed E-state index contributed by atoms with van der Waals surface area (Å²) in [5.74, 6) is 0.276. The summed E-state index contributed by atoms with van der Waals surface area (Å²) in [5.41, 5.74) is 1.76. The zero-order valence-electron chi connectivity index (χ0n) is 12.5. The first-order valence-electron chi connectivity index (χ1n) is 7.79. The number of carbonyl (C=O) groups is 1. The van der Waals surface area contributed by atoms with Crippen LogP contribution in [-0.2, 0) is 11.3 Å². The Bertz CT molecular complexity index is 647. The monoisotopic (exact) mass is 317 g/mol. The van der Waals surface area contributed by atoms with E-state index in [0.29, 0.717) is 6.54 Å². The van der Waals surface area contributed by atoms with E-state index in [1.54, 1.807) is 10.9 Å². The summed E-state index contributed by atoms with van der Waals surface area (Å²) in [4.78, 5) is 12.2. The average molecular weight is 318 g/mol. The third-order valence-electron chi connectivity index (χ3n) is 4.17. The van der Waals surface area contributed by atoms with Crippen LogP contribution in [0.4, 0.5) is 5.69 Å². The van der Waals surface area contributed by atoms with E-state index in [1.807, 2.05) is 30.5 Å². The van der Waals surface area contributed by atoms with E-state index in [-0.39, 0.29) is 11.8 Å². The maximum atomic E-state index is 12.2. The van der Waals surface area contributed by atoms with Crippen molar-refractivity contribution in [3.05, 3.63) is 47.2 Å². The molecule has 1 saturated carbocycles. The van der Waals surface area contributed by atoms with Gasteiger partial charge in [-0.15, -0.1) is 0 Å². The molecule has 22 heavy (non-hydrogen) atoms. The number of hydrogen-bond donors (Lipinski definition) is 1. The summed E-state index contributed by atoms with van der Waals surface area (Å²) in [7, 11) is 0. The van der Waals surface area contributed by atoms with Crippen LogP contribution in [-0.4, -0.2) is 15.7 Å². The van der Waals surface area contributed by atoms with Gasteiger partial charge in [-0.3, -0.25) is 9.48 Å². The zero-order valence-corrected chi connectivity index (χ0v) is 13.2. The quantitative estimate of drug-likeness (QED) is 0.922. The molecule has 1 heterocycles. The number of benzene rings is 1. The molecular weight excluding hydrogens is 298 g/mol. The molecule has 0 aliphatic heterocycles. The molecule has 0 spiro atoms. The minimum atomic E-state index is 0.122. The summed E-state index contributed by atoms with van der Waals surface area (Å²) in [6.07, 6.45) is 9.11. The summed E-state index contributed by atoms with van der Waals surface area (Å²) in [6.45, 7) is 0.596. The summed E-state index contributed by atoms with van der Waals surface area (Å²) in [5, 5.41) is 8.00. The van der Waals surface area contributed by atoms with Gasteiger partial charge < -0.3 is 5.32 Å². The molecule has 0 bridgehead atoms. The molecule has 4 nitrogen and oxygen atoms in total. The van der Waals surface area contributed by atoms with Gasteiger partial charge in [-0.25, -0.2) is 0 Å². The second-order valence-electron chi connectivity index (χ2n) is 5.84. The minimum absolute atomic E-state index is 0.122. The number of amides is 1. The summed E-state index contributed by atoms with van der Waals surface area (Å²) in [6, 6.07) is 7.71. The molecule has 0 saturated heterocycles. The molecule has 1 amide bonds. The van der Waals surface area contributed by atoms with Crippen LogP contribution >= 0.6 is 11.6 Å². The highest BCUT2D eigenvalue weighted by molar-refractivity contribution is 6.31. The lowest BCUT2D eigenvalue weighted by Crippen LogP contribution is -2.24. The highest BCUT2D eigenvalue weighted by Crippen LogP contribution is 2.25. The number of aromatic nitrogens is 2. The fourth-order valence-corrected chi connectivity index (χ4v) is 3.12. The average Bonchev–Trinajstić information content (AvgIpc) is 2.97. The molecule has 1 fully saturated rings. The number of nitrogens with one attached hydrogen (secondary N) is 1. The summed E-state index contributed by atoms with van der Waals surface area (Å²) < 4.78 is 1.79. The summed E-state index contributed by atoms with van der Waals surface area (Å²) >= 11 is 6.16. The first-order valence-corrected chi connectivity index (χ1v) is 8.17. The Hall–Kier alpha value is -1.81. The molecule has 2 aromatic rings. The van der Waals surface area contributed by atoms with Crippen molar-refractivity contribution in [2.24, 2.45) is 5.92 Å². The van der Waals surface area contributed by atoms with E-state index in [0.717, 1.165) is 42.0 Å². The van der Waals surface area contributed by atoms with Gasteiger partial charge in [0.2, 0.25) is 5.91 Å². The van der Waals surface area contributed by atoms with Crippen LogP contribution in [0, 0.1) is 5.92 Å². The largest absolute Gasteiger partial charge is 0.323 e. The number of nitrogens with zero attached hydrogens (tertiary/aromatic N) is 2. The van der Waals surface area contributed by atoms with Gasteiger partial charge in [-0.1, -0.05) is 49.1 Å². The second-order valence-corrected chi connectivity index (χ2v) is 6.25. The van der Waals surface area contributed by atoms with Crippen molar-refractivity contribution < 1.29 is 4.79 Å². The van der Waals surface area contributed by atoms with Gasteiger partial charge in [0.1, 0.15) is 0 Å². The Balaban J connectivity index is 1.61. The highest BCUT2D eigenvalue weighted by atomic mass is 35.5. The van der Waals surface area contributed by atoms with Crippen LogP contribution in [0.5, 0.6) is 0 Å². The molecule has 0 radical (unpaired) electrons. The third kappa shape index (κ3) is 3.69. The van der Waals surface area contributed by atoms with Crippen LogP contribution in [0.1, 0.15) is 37.7 Å². The molecule has 1 aliphatic carbocycles. The van der Waals surface area contributed by atoms with E-state index in [2.05, 4.69) is 10.4 Å². The van der Waals surface area contributed by atoms with Crippen molar-refractivity contribution in [2.45, 2.75) is 38.6 Å². The van der Waals surface area contributed by atoms with Crippen molar-refractivity contribution in [1.82, 2.24) is 9.78 Å². The molecule has 116 valence electrons. The molecule has 0 unspecified atom stereocenters. The lowest BCUT2D eigenvalue weighted by atomic mass is 9.89. The number of rotatable bonds is 4. The van der Waals surface area contributed by atoms with Crippen molar-refractivity contribution in [1.29, 1.82) is 0 Å². The number of carbonyl (C=O) groups excluding carboxylic acids is 1.